The number of rotatable bonds is 6. The van der Waals surface area contributed by atoms with Gasteiger partial charge in [-0.1, -0.05) is 65.9 Å². The lowest BCUT2D eigenvalue weighted by Gasteiger charge is -2.12. The average Bonchev–Trinajstić information content (AvgIpc) is 3.20. The van der Waals surface area contributed by atoms with Crippen LogP contribution in [0, 0.1) is 6.92 Å². The molecule has 160 valence electrons. The molecule has 0 N–H and O–H groups in total. The molecule has 0 amide bonds. The number of nitrogens with zero attached hydrogens (tertiary/aromatic N) is 2. The summed E-state index contributed by atoms with van der Waals surface area (Å²) in [5.41, 5.74) is 4.74. The lowest BCUT2D eigenvalue weighted by Crippen LogP contribution is -2.23. The molecule has 0 aliphatic rings. The molecule has 5 rings (SSSR count). The van der Waals surface area contributed by atoms with Gasteiger partial charge in [-0.25, -0.2) is 4.98 Å². The van der Waals surface area contributed by atoms with E-state index in [1.165, 1.54) is 11.1 Å². The summed E-state index contributed by atoms with van der Waals surface area (Å²) in [7, 11) is 1.64. The summed E-state index contributed by atoms with van der Waals surface area (Å²) in [5.74, 6) is 1.47. The van der Waals surface area contributed by atoms with E-state index in [4.69, 9.17) is 14.1 Å². The highest BCUT2D eigenvalue weighted by molar-refractivity contribution is 7.98. The normalized spacial score (nSPS) is 11.3. The van der Waals surface area contributed by atoms with E-state index in [-0.39, 0.29) is 11.1 Å². The van der Waals surface area contributed by atoms with Gasteiger partial charge in [-0.15, -0.1) is 0 Å². The SMILES string of the molecule is COc1cccc(Cn2c(SCc3ccc(C)cc3)nc3c(oc4ccccc43)c2=O)c1. The van der Waals surface area contributed by atoms with Gasteiger partial charge < -0.3 is 9.15 Å². The molecule has 2 aromatic heterocycles. The van der Waals surface area contributed by atoms with Gasteiger partial charge in [0.05, 0.1) is 13.7 Å². The summed E-state index contributed by atoms with van der Waals surface area (Å²) in [4.78, 5) is 18.4. The Morgan fingerprint density at radius 1 is 1.00 bits per heavy atom. The molecular weight excluding hydrogens is 420 g/mol. The van der Waals surface area contributed by atoms with Gasteiger partial charge in [0.15, 0.2) is 5.16 Å². The molecule has 0 atom stereocenters. The van der Waals surface area contributed by atoms with Crippen molar-refractivity contribution < 1.29 is 9.15 Å². The number of para-hydroxylation sites is 1. The van der Waals surface area contributed by atoms with Crippen molar-refractivity contribution in [2.24, 2.45) is 0 Å². The number of ether oxygens (including phenoxy) is 1. The monoisotopic (exact) mass is 442 g/mol. The molecule has 0 unspecified atom stereocenters. The Balaban J connectivity index is 1.62. The topological polar surface area (TPSA) is 57.3 Å². The molecule has 0 fully saturated rings. The molecule has 0 bridgehead atoms. The van der Waals surface area contributed by atoms with E-state index in [1.807, 2.05) is 48.5 Å². The maximum atomic E-state index is 13.5. The van der Waals surface area contributed by atoms with E-state index in [0.717, 1.165) is 16.7 Å². The summed E-state index contributed by atoms with van der Waals surface area (Å²) < 4.78 is 13.0. The molecule has 0 saturated heterocycles. The van der Waals surface area contributed by atoms with Crippen LogP contribution in [0.3, 0.4) is 0 Å². The van der Waals surface area contributed by atoms with E-state index in [9.17, 15) is 4.79 Å². The minimum atomic E-state index is -0.180. The second-order valence-electron chi connectivity index (χ2n) is 7.69. The smallest absolute Gasteiger partial charge is 0.298 e. The second kappa shape index (κ2) is 8.55. The zero-order valence-electron chi connectivity index (χ0n) is 17.9. The van der Waals surface area contributed by atoms with Gasteiger partial charge in [0.25, 0.3) is 5.56 Å². The molecule has 0 aliphatic heterocycles. The Bertz CT molecular complexity index is 1470. The first-order valence-corrected chi connectivity index (χ1v) is 11.3. The standard InChI is InChI=1S/C26H22N2O3S/c1-17-10-12-18(13-11-17)16-32-26-27-23-21-8-3-4-9-22(21)31-24(23)25(29)28(26)15-19-6-5-7-20(14-19)30-2/h3-14H,15-16H2,1-2H3. The number of fused-ring (bicyclic) bond motifs is 3. The molecule has 2 heterocycles. The Morgan fingerprint density at radius 2 is 1.81 bits per heavy atom. The number of methoxy groups -OCH3 is 1. The van der Waals surface area contributed by atoms with Gasteiger partial charge in [0, 0.05) is 11.1 Å². The fraction of sp³-hybridized carbons (Fsp3) is 0.154. The third kappa shape index (κ3) is 3.89. The molecular formula is C26H22N2O3S. The van der Waals surface area contributed by atoms with Crippen LogP contribution in [-0.2, 0) is 12.3 Å². The minimum absolute atomic E-state index is 0.180. The number of benzene rings is 3. The van der Waals surface area contributed by atoms with Crippen LogP contribution in [0.25, 0.3) is 22.1 Å². The van der Waals surface area contributed by atoms with Gasteiger partial charge in [-0.3, -0.25) is 9.36 Å². The van der Waals surface area contributed by atoms with Crippen LogP contribution >= 0.6 is 11.8 Å². The van der Waals surface area contributed by atoms with Crippen molar-refractivity contribution in [1.29, 1.82) is 0 Å². The van der Waals surface area contributed by atoms with Crippen LogP contribution in [0.2, 0.25) is 0 Å². The molecule has 0 aliphatic carbocycles. The van der Waals surface area contributed by atoms with Gasteiger partial charge >= 0.3 is 0 Å². The van der Waals surface area contributed by atoms with Crippen LogP contribution < -0.4 is 10.3 Å². The van der Waals surface area contributed by atoms with E-state index in [2.05, 4.69) is 31.2 Å². The molecule has 6 heteroatoms. The molecule has 0 spiro atoms. The highest BCUT2D eigenvalue weighted by atomic mass is 32.2. The zero-order chi connectivity index (χ0) is 22.1. The fourth-order valence-electron chi connectivity index (χ4n) is 3.69. The Kier molecular flexibility index (Phi) is 5.45. The van der Waals surface area contributed by atoms with Crippen LogP contribution in [0.1, 0.15) is 16.7 Å². The highest BCUT2D eigenvalue weighted by Crippen LogP contribution is 2.29. The third-order valence-electron chi connectivity index (χ3n) is 5.41. The predicted molar refractivity (Wildman–Crippen MR) is 129 cm³/mol. The quantitative estimate of drug-likeness (QED) is 0.246. The zero-order valence-corrected chi connectivity index (χ0v) is 18.7. The summed E-state index contributed by atoms with van der Waals surface area (Å²) in [6, 6.07) is 23.8. The fourth-order valence-corrected chi connectivity index (χ4v) is 4.64. The molecule has 32 heavy (non-hydrogen) atoms. The van der Waals surface area contributed by atoms with Gasteiger partial charge in [0.2, 0.25) is 5.58 Å². The molecule has 0 radical (unpaired) electrons. The highest BCUT2D eigenvalue weighted by Gasteiger charge is 2.18. The molecule has 3 aromatic carbocycles. The van der Waals surface area contributed by atoms with Crippen LogP contribution in [0.5, 0.6) is 5.75 Å². The number of thioether (sulfide) groups is 1. The molecule has 5 nitrogen and oxygen atoms in total. The lowest BCUT2D eigenvalue weighted by molar-refractivity contribution is 0.414. The average molecular weight is 443 g/mol. The maximum Gasteiger partial charge on any atom is 0.298 e. The van der Waals surface area contributed by atoms with Crippen molar-refractivity contribution in [1.82, 2.24) is 9.55 Å². The Labute approximate surface area is 189 Å². The maximum absolute atomic E-state index is 13.5. The van der Waals surface area contributed by atoms with Crippen molar-refractivity contribution in [2.75, 3.05) is 7.11 Å². The van der Waals surface area contributed by atoms with Crippen molar-refractivity contribution >= 4 is 33.8 Å². The largest absolute Gasteiger partial charge is 0.497 e. The molecule has 5 aromatic rings. The predicted octanol–water partition coefficient (Wildman–Crippen LogP) is 5.80. The number of aryl methyl sites for hydroxylation is 1. The first-order chi connectivity index (χ1) is 15.6. The number of furan rings is 1. The van der Waals surface area contributed by atoms with Crippen molar-refractivity contribution in [2.45, 2.75) is 24.4 Å². The second-order valence-corrected chi connectivity index (χ2v) is 8.63. The van der Waals surface area contributed by atoms with Crippen molar-refractivity contribution in [3.63, 3.8) is 0 Å². The summed E-state index contributed by atoms with van der Waals surface area (Å²) in [5, 5.41) is 1.52. The van der Waals surface area contributed by atoms with E-state index in [0.29, 0.717) is 28.6 Å². The number of hydrogen-bond acceptors (Lipinski definition) is 5. The lowest BCUT2D eigenvalue weighted by atomic mass is 10.2. The Morgan fingerprint density at radius 3 is 2.62 bits per heavy atom. The summed E-state index contributed by atoms with van der Waals surface area (Å²) in [6.45, 7) is 2.45. The summed E-state index contributed by atoms with van der Waals surface area (Å²) in [6.07, 6.45) is 0. The van der Waals surface area contributed by atoms with Crippen molar-refractivity contribution in [3.05, 3.63) is 99.8 Å². The van der Waals surface area contributed by atoms with E-state index in [1.54, 1.807) is 23.4 Å². The van der Waals surface area contributed by atoms with E-state index < -0.39 is 0 Å². The number of hydrogen-bond donors (Lipinski definition) is 0. The van der Waals surface area contributed by atoms with Crippen LogP contribution in [-0.4, -0.2) is 16.7 Å². The van der Waals surface area contributed by atoms with Crippen LogP contribution in [0.15, 0.2) is 87.2 Å². The van der Waals surface area contributed by atoms with Crippen LogP contribution in [0.4, 0.5) is 0 Å². The van der Waals surface area contributed by atoms with Crippen molar-refractivity contribution in [3.8, 4) is 5.75 Å². The summed E-state index contributed by atoms with van der Waals surface area (Å²) >= 11 is 1.56. The van der Waals surface area contributed by atoms with Gasteiger partial charge in [-0.2, -0.15) is 0 Å². The number of aromatic nitrogens is 2. The third-order valence-corrected chi connectivity index (χ3v) is 6.46. The first kappa shape index (κ1) is 20.4. The molecule has 0 saturated carbocycles. The van der Waals surface area contributed by atoms with E-state index >= 15 is 0 Å². The van der Waals surface area contributed by atoms with Gasteiger partial charge in [-0.05, 0) is 42.3 Å². The Hall–Kier alpha value is -3.51. The van der Waals surface area contributed by atoms with Gasteiger partial charge in [0.1, 0.15) is 16.8 Å². The minimum Gasteiger partial charge on any atom is -0.497 e. The first-order valence-electron chi connectivity index (χ1n) is 10.4.